The first kappa shape index (κ1) is 17.3. The van der Waals surface area contributed by atoms with Crippen molar-refractivity contribution in [1.29, 1.82) is 0 Å². The van der Waals surface area contributed by atoms with Crippen LogP contribution in [0.5, 0.6) is 0 Å². The lowest BCUT2D eigenvalue weighted by Gasteiger charge is -2.17. The second-order valence-electron chi connectivity index (χ2n) is 5.42. The molecule has 1 aromatic rings. The molecule has 0 aliphatic rings. The van der Waals surface area contributed by atoms with E-state index in [1.807, 2.05) is 20.8 Å². The van der Waals surface area contributed by atoms with Gasteiger partial charge in [-0.25, -0.2) is 9.18 Å². The maximum Gasteiger partial charge on any atom is 0.335 e. The Morgan fingerprint density at radius 3 is 2.43 bits per heavy atom. The number of carboxylic acids is 1. The van der Waals surface area contributed by atoms with Gasteiger partial charge >= 0.3 is 5.97 Å². The number of benzene rings is 1. The molecule has 0 radical (unpaired) electrons. The average Bonchev–Trinajstić information content (AvgIpc) is 2.36. The third-order valence-electron chi connectivity index (χ3n) is 2.72. The molecule has 0 spiro atoms. The average molecular weight is 315 g/mol. The van der Waals surface area contributed by atoms with Gasteiger partial charge in [-0.1, -0.05) is 0 Å². The fraction of sp³-hybridized carbons (Fsp3) is 0.429. The van der Waals surface area contributed by atoms with Crippen LogP contribution in [0.1, 0.15) is 41.5 Å². The minimum Gasteiger partial charge on any atom is -0.478 e. The molecular formula is C14H18FNO4S. The molecule has 1 amide bonds. The van der Waals surface area contributed by atoms with Crippen molar-refractivity contribution in [3.8, 4) is 0 Å². The van der Waals surface area contributed by atoms with Gasteiger partial charge in [0, 0.05) is 27.8 Å². The number of aromatic carboxylic acids is 1. The van der Waals surface area contributed by atoms with Crippen LogP contribution in [0.4, 0.5) is 4.39 Å². The molecule has 0 heterocycles. The number of hydrogen-bond donors (Lipinski definition) is 2. The number of halogens is 1. The Hall–Kier alpha value is -1.76. The Morgan fingerprint density at radius 1 is 1.33 bits per heavy atom. The quantitative estimate of drug-likeness (QED) is 0.868. The molecule has 0 aromatic heterocycles. The van der Waals surface area contributed by atoms with Gasteiger partial charge in [0.25, 0.3) is 5.91 Å². The molecule has 7 heteroatoms. The SMILES string of the molecule is CC(C)(C)S(=O)CCNC(=O)c1ccc(C(=O)O)cc1F. The topological polar surface area (TPSA) is 83.5 Å². The summed E-state index contributed by atoms with van der Waals surface area (Å²) in [6.07, 6.45) is 0. The zero-order chi connectivity index (χ0) is 16.2. The molecule has 5 nitrogen and oxygen atoms in total. The normalized spacial score (nSPS) is 12.8. The van der Waals surface area contributed by atoms with Gasteiger partial charge < -0.3 is 10.4 Å². The lowest BCUT2D eigenvalue weighted by molar-refractivity contribution is 0.0695. The van der Waals surface area contributed by atoms with Crippen LogP contribution in [0, 0.1) is 5.82 Å². The number of carbonyl (C=O) groups is 2. The summed E-state index contributed by atoms with van der Waals surface area (Å²) < 4.78 is 25.1. The van der Waals surface area contributed by atoms with E-state index < -0.39 is 28.5 Å². The first-order chi connectivity index (χ1) is 9.62. The van der Waals surface area contributed by atoms with Crippen molar-refractivity contribution in [1.82, 2.24) is 5.32 Å². The van der Waals surface area contributed by atoms with Crippen molar-refractivity contribution in [3.05, 3.63) is 35.1 Å². The first-order valence-corrected chi connectivity index (χ1v) is 7.64. The maximum absolute atomic E-state index is 13.7. The summed E-state index contributed by atoms with van der Waals surface area (Å²) in [5.74, 6) is -2.55. The summed E-state index contributed by atoms with van der Waals surface area (Å²) in [4.78, 5) is 22.5. The van der Waals surface area contributed by atoms with Crippen LogP contribution in [0.25, 0.3) is 0 Å². The molecule has 1 aromatic carbocycles. The Balaban J connectivity index is 2.65. The Kier molecular flexibility index (Phi) is 5.60. The van der Waals surface area contributed by atoms with E-state index in [-0.39, 0.29) is 28.2 Å². The van der Waals surface area contributed by atoms with E-state index in [9.17, 15) is 18.2 Å². The van der Waals surface area contributed by atoms with Crippen molar-refractivity contribution in [3.63, 3.8) is 0 Å². The second-order valence-corrected chi connectivity index (χ2v) is 7.74. The summed E-state index contributed by atoms with van der Waals surface area (Å²) >= 11 is 0. The van der Waals surface area contributed by atoms with Crippen LogP contribution in [0.3, 0.4) is 0 Å². The van der Waals surface area contributed by atoms with E-state index >= 15 is 0 Å². The molecule has 1 rings (SSSR count). The highest BCUT2D eigenvalue weighted by atomic mass is 32.2. The molecule has 0 saturated heterocycles. The van der Waals surface area contributed by atoms with Crippen LogP contribution in [-0.2, 0) is 10.8 Å². The van der Waals surface area contributed by atoms with Gasteiger partial charge in [0.15, 0.2) is 0 Å². The lowest BCUT2D eigenvalue weighted by atomic mass is 10.1. The van der Waals surface area contributed by atoms with Crippen molar-refractivity contribution in [2.45, 2.75) is 25.5 Å². The van der Waals surface area contributed by atoms with Crippen LogP contribution in [0.2, 0.25) is 0 Å². The fourth-order valence-electron chi connectivity index (χ4n) is 1.49. The molecule has 2 N–H and O–H groups in total. The van der Waals surface area contributed by atoms with Crippen molar-refractivity contribution < 1.29 is 23.3 Å². The van der Waals surface area contributed by atoms with E-state index in [1.54, 1.807) is 0 Å². The number of amides is 1. The van der Waals surface area contributed by atoms with E-state index in [2.05, 4.69) is 5.32 Å². The molecule has 0 aliphatic carbocycles. The standard InChI is InChI=1S/C14H18FNO4S/c1-14(2,3)21(20)7-6-16-12(17)10-5-4-9(13(18)19)8-11(10)15/h4-5,8H,6-7H2,1-3H3,(H,16,17)(H,18,19). The highest BCUT2D eigenvalue weighted by molar-refractivity contribution is 7.86. The minimum absolute atomic E-state index is 0.156. The molecule has 0 bridgehead atoms. The van der Waals surface area contributed by atoms with E-state index in [0.29, 0.717) is 0 Å². The summed E-state index contributed by atoms with van der Waals surface area (Å²) in [5, 5.41) is 11.2. The zero-order valence-electron chi connectivity index (χ0n) is 12.1. The van der Waals surface area contributed by atoms with Crippen LogP contribution >= 0.6 is 0 Å². The fourth-order valence-corrected chi connectivity index (χ4v) is 2.39. The lowest BCUT2D eigenvalue weighted by Crippen LogP contribution is -2.33. The molecule has 0 saturated carbocycles. The molecule has 1 unspecified atom stereocenters. The van der Waals surface area contributed by atoms with Crippen LogP contribution < -0.4 is 5.32 Å². The molecule has 0 fully saturated rings. The van der Waals surface area contributed by atoms with Gasteiger partial charge in [0.1, 0.15) is 5.82 Å². The van der Waals surface area contributed by atoms with E-state index in [4.69, 9.17) is 5.11 Å². The molecule has 21 heavy (non-hydrogen) atoms. The predicted octanol–water partition coefficient (Wildman–Crippen LogP) is 1.80. The third kappa shape index (κ3) is 4.93. The van der Waals surface area contributed by atoms with Crippen molar-refractivity contribution in [2.24, 2.45) is 0 Å². The van der Waals surface area contributed by atoms with Gasteiger partial charge in [-0.2, -0.15) is 0 Å². The predicted molar refractivity (Wildman–Crippen MR) is 78.5 cm³/mol. The minimum atomic E-state index is -1.26. The molecule has 0 aliphatic heterocycles. The molecule has 116 valence electrons. The smallest absolute Gasteiger partial charge is 0.335 e. The van der Waals surface area contributed by atoms with Crippen molar-refractivity contribution >= 4 is 22.7 Å². The number of rotatable bonds is 5. The first-order valence-electron chi connectivity index (χ1n) is 6.32. The van der Waals surface area contributed by atoms with Crippen LogP contribution in [-0.4, -0.2) is 38.2 Å². The molecular weight excluding hydrogens is 297 g/mol. The number of hydrogen-bond acceptors (Lipinski definition) is 3. The molecule has 1 atom stereocenters. The zero-order valence-corrected chi connectivity index (χ0v) is 12.9. The van der Waals surface area contributed by atoms with Crippen molar-refractivity contribution in [2.75, 3.05) is 12.3 Å². The van der Waals surface area contributed by atoms with Crippen LogP contribution in [0.15, 0.2) is 18.2 Å². The highest BCUT2D eigenvalue weighted by Crippen LogP contribution is 2.12. The Morgan fingerprint density at radius 2 is 1.95 bits per heavy atom. The highest BCUT2D eigenvalue weighted by Gasteiger charge is 2.19. The third-order valence-corrected chi connectivity index (χ3v) is 4.66. The Labute approximate surface area is 125 Å². The van der Waals surface area contributed by atoms with Gasteiger partial charge in [-0.05, 0) is 39.0 Å². The number of carbonyl (C=O) groups excluding carboxylic acids is 1. The monoisotopic (exact) mass is 315 g/mol. The van der Waals surface area contributed by atoms with Gasteiger partial charge in [0.2, 0.25) is 0 Å². The summed E-state index contributed by atoms with van der Waals surface area (Å²) in [6, 6.07) is 3.08. The van der Waals surface area contributed by atoms with E-state index in [0.717, 1.165) is 18.2 Å². The van der Waals surface area contributed by atoms with E-state index in [1.165, 1.54) is 0 Å². The Bertz CT molecular complexity index is 581. The summed E-state index contributed by atoms with van der Waals surface area (Å²) in [5.41, 5.74) is -0.459. The summed E-state index contributed by atoms with van der Waals surface area (Å²) in [7, 11) is -1.11. The van der Waals surface area contributed by atoms with Gasteiger partial charge in [0.05, 0.1) is 11.1 Å². The maximum atomic E-state index is 13.7. The number of nitrogens with one attached hydrogen (secondary N) is 1. The summed E-state index contributed by atoms with van der Waals surface area (Å²) in [6.45, 7) is 5.64. The van der Waals surface area contributed by atoms with Gasteiger partial charge in [-0.3, -0.25) is 9.00 Å². The number of carboxylic acid groups (broad SMARTS) is 1. The largest absolute Gasteiger partial charge is 0.478 e. The van der Waals surface area contributed by atoms with Gasteiger partial charge in [-0.15, -0.1) is 0 Å². The second kappa shape index (κ2) is 6.80.